The number of benzene rings is 2. The Morgan fingerprint density at radius 1 is 0.692 bits per heavy atom. The Kier molecular flexibility index (Phi) is 29.1. The van der Waals surface area contributed by atoms with E-state index in [1.807, 2.05) is 41.5 Å². The van der Waals surface area contributed by atoms with Crippen molar-refractivity contribution in [3.8, 4) is 0 Å². The molecule has 0 spiro atoms. The Morgan fingerprint density at radius 3 is 1.46 bits per heavy atom. The predicted molar refractivity (Wildman–Crippen MR) is 201 cm³/mol. The molecule has 0 aliphatic carbocycles. The summed E-state index contributed by atoms with van der Waals surface area (Å²) in [5.41, 5.74) is 2.87. The van der Waals surface area contributed by atoms with Crippen molar-refractivity contribution in [2.75, 3.05) is 52.7 Å². The van der Waals surface area contributed by atoms with Crippen LogP contribution in [0.4, 0.5) is 4.79 Å². The summed E-state index contributed by atoms with van der Waals surface area (Å²) in [6, 6.07) is 15.0. The number of aliphatic hydroxyl groups excluding tert-OH is 1. The molecule has 2 aromatic rings. The number of rotatable bonds is 25. The van der Waals surface area contributed by atoms with Gasteiger partial charge in [0.05, 0.1) is 13.2 Å². The van der Waals surface area contributed by atoms with E-state index in [1.165, 1.54) is 6.08 Å². The number of alkyl carbamates (subject to hydrolysis) is 1. The predicted octanol–water partition coefficient (Wildman–Crippen LogP) is 5.92. The minimum absolute atomic E-state index is 0.0269. The second kappa shape index (κ2) is 31.1. The molecular weight excluding hydrogens is 709 g/mol. The van der Waals surface area contributed by atoms with Crippen molar-refractivity contribution in [2.45, 2.75) is 79.7 Å². The maximum absolute atomic E-state index is 11.8. The number of carbonyl (C=O) groups excluding carboxylic acids is 4. The van der Waals surface area contributed by atoms with Gasteiger partial charge in [-0.25, -0.2) is 14.6 Å². The molecule has 16 heteroatoms. The van der Waals surface area contributed by atoms with Crippen LogP contribution < -0.4 is 5.32 Å². The number of aliphatic imine (C=N–C) groups is 1. The lowest BCUT2D eigenvalue weighted by molar-refractivity contribution is 0.0700. The third kappa shape index (κ3) is 21.8. The minimum Gasteiger partial charge on any atom is -0.445 e. The maximum Gasteiger partial charge on any atom is 0.500 e. The van der Waals surface area contributed by atoms with Gasteiger partial charge in [-0.2, -0.15) is 0 Å². The molecule has 0 fully saturated rings. The first-order valence-electron chi connectivity index (χ1n) is 17.7. The van der Waals surface area contributed by atoms with Crippen molar-refractivity contribution in [1.29, 1.82) is 0 Å². The molecule has 292 valence electrons. The lowest BCUT2D eigenvalue weighted by Crippen LogP contribution is -2.46. The second-order valence-electron chi connectivity index (χ2n) is 10.5. The molecule has 52 heavy (non-hydrogen) atoms. The van der Waals surface area contributed by atoms with E-state index >= 15 is 0 Å². The van der Waals surface area contributed by atoms with E-state index in [-0.39, 0.29) is 13.2 Å². The molecule has 1 amide bonds. The van der Waals surface area contributed by atoms with Gasteiger partial charge in [0.15, 0.2) is 0 Å². The fourth-order valence-corrected chi connectivity index (χ4v) is 9.72. The molecule has 0 radical (unpaired) electrons. The molecule has 0 atom stereocenters. The summed E-state index contributed by atoms with van der Waals surface area (Å²) in [5.74, 6) is 0. The zero-order chi connectivity index (χ0) is 38.9. The number of carbonyl (C=O) groups is 3. The van der Waals surface area contributed by atoms with Crippen LogP contribution in [0.1, 0.15) is 86.2 Å². The molecule has 0 bridgehead atoms. The summed E-state index contributed by atoms with van der Waals surface area (Å²) in [4.78, 5) is 46.0. The first-order valence-corrected chi connectivity index (χ1v) is 21.5. The Labute approximate surface area is 310 Å². The molecule has 0 aliphatic heterocycles. The normalized spacial score (nSPS) is 10.8. The van der Waals surface area contributed by atoms with Crippen molar-refractivity contribution in [1.82, 2.24) is 5.32 Å². The summed E-state index contributed by atoms with van der Waals surface area (Å²) in [6.45, 7) is 15.9. The number of aliphatic hydroxyl groups is 1. The Bertz CT molecular complexity index is 1230. The number of hydrogen-bond donors (Lipinski definition) is 2. The third-order valence-corrected chi connectivity index (χ3v) is 13.0. The van der Waals surface area contributed by atoms with Crippen LogP contribution in [0.25, 0.3) is 0 Å². The molecule has 0 unspecified atom stereocenters. The van der Waals surface area contributed by atoms with Gasteiger partial charge in [-0.3, -0.25) is 9.59 Å². The first-order chi connectivity index (χ1) is 25.2. The van der Waals surface area contributed by atoms with Gasteiger partial charge in [0.25, 0.3) is 0 Å². The number of isocyanates is 1. The van der Waals surface area contributed by atoms with Crippen LogP contribution in [-0.4, -0.2) is 100 Å². The number of ether oxygens (including phenoxy) is 1. The van der Waals surface area contributed by atoms with Crippen molar-refractivity contribution in [3.63, 3.8) is 0 Å². The Hall–Kier alpha value is -3.42. The van der Waals surface area contributed by atoms with E-state index in [1.54, 1.807) is 48.5 Å². The van der Waals surface area contributed by atoms with Crippen molar-refractivity contribution in [2.24, 2.45) is 4.99 Å². The number of hydrogen-bond acceptors (Lipinski definition) is 13. The Balaban J connectivity index is 0.000000844. The molecule has 0 aliphatic rings. The van der Waals surface area contributed by atoms with Gasteiger partial charge in [-0.05, 0) is 65.5 Å². The monoisotopic (exact) mass is 766 g/mol. The van der Waals surface area contributed by atoms with Gasteiger partial charge in [-0.1, -0.05) is 48.5 Å². The number of nitrogens with one attached hydrogen (secondary N) is 1. The summed E-state index contributed by atoms with van der Waals surface area (Å²) in [6.07, 6.45) is 3.98. The van der Waals surface area contributed by atoms with Gasteiger partial charge in [0, 0.05) is 69.4 Å². The van der Waals surface area contributed by atoms with Gasteiger partial charge >= 0.3 is 23.7 Å². The van der Waals surface area contributed by atoms with E-state index in [9.17, 15) is 19.2 Å². The highest BCUT2D eigenvalue weighted by Crippen LogP contribution is 2.19. The standard InChI is InChI=1S/C18H29NO6Si.C10H21NO4Si.C8H8O2/c1-4-23-26(24-5-2,25-6-3)13-7-12-19-18(21)22-15-17-10-8-16(14-20)9-11-17;1-4-13-16(14-5-2,15-6-3)9-7-8-11-10-12;9-5-7-1-2-8(6-10)4-3-7/h8-11,14H,4-7,12-13,15H2,1-3H3,(H,19,21);4-9H2,1-3H3;1-5,10H,6H2. The zero-order valence-corrected chi connectivity index (χ0v) is 33.6. The fourth-order valence-electron chi connectivity index (χ4n) is 4.51. The SMILES string of the molecule is CCO[Si](CCCN=C=O)(OCC)OCC.CCO[Si](CCCNC(=O)OCc1ccc(C=O)cc1)(OCC)OCC.O=Cc1ccc(CO)cc1. The summed E-state index contributed by atoms with van der Waals surface area (Å²) < 4.78 is 39.4. The number of aldehydes is 2. The molecule has 2 rings (SSSR count). The zero-order valence-electron chi connectivity index (χ0n) is 31.6. The van der Waals surface area contributed by atoms with Gasteiger partial charge in [0.1, 0.15) is 19.2 Å². The largest absolute Gasteiger partial charge is 0.500 e. The van der Waals surface area contributed by atoms with Crippen LogP contribution >= 0.6 is 0 Å². The average Bonchev–Trinajstić information content (AvgIpc) is 3.16. The second-order valence-corrected chi connectivity index (χ2v) is 16.0. The van der Waals surface area contributed by atoms with Crippen LogP contribution in [0.2, 0.25) is 12.1 Å². The lowest BCUT2D eigenvalue weighted by atomic mass is 10.2. The van der Waals surface area contributed by atoms with Crippen molar-refractivity contribution >= 4 is 42.4 Å². The highest BCUT2D eigenvalue weighted by atomic mass is 28.4. The quantitative estimate of drug-likeness (QED) is 0.0402. The van der Waals surface area contributed by atoms with Crippen LogP contribution in [0, 0.1) is 0 Å². The topological polar surface area (TPSA) is 178 Å². The Morgan fingerprint density at radius 2 is 1.10 bits per heavy atom. The number of nitrogens with zero attached hydrogens (tertiary/aromatic N) is 1. The van der Waals surface area contributed by atoms with E-state index in [0.717, 1.165) is 30.1 Å². The van der Waals surface area contributed by atoms with Crippen LogP contribution in [0.5, 0.6) is 0 Å². The molecule has 0 saturated heterocycles. The smallest absolute Gasteiger partial charge is 0.445 e. The van der Waals surface area contributed by atoms with E-state index in [0.29, 0.717) is 82.4 Å². The van der Waals surface area contributed by atoms with Gasteiger partial charge < -0.3 is 41.7 Å². The van der Waals surface area contributed by atoms with Crippen LogP contribution in [0.15, 0.2) is 53.5 Å². The molecule has 2 aromatic carbocycles. The van der Waals surface area contributed by atoms with Crippen molar-refractivity contribution in [3.05, 3.63) is 70.8 Å². The highest BCUT2D eigenvalue weighted by Gasteiger charge is 2.40. The average molecular weight is 767 g/mol. The molecule has 0 aromatic heterocycles. The van der Waals surface area contributed by atoms with Crippen molar-refractivity contribution < 1.29 is 55.6 Å². The van der Waals surface area contributed by atoms with Crippen LogP contribution in [0.3, 0.4) is 0 Å². The molecule has 0 heterocycles. The molecule has 14 nitrogen and oxygen atoms in total. The third-order valence-electron chi connectivity index (χ3n) is 6.72. The molecular formula is C36H58N2O12Si2. The summed E-state index contributed by atoms with van der Waals surface area (Å²) >= 11 is 0. The number of amides is 1. The highest BCUT2D eigenvalue weighted by molar-refractivity contribution is 6.61. The lowest BCUT2D eigenvalue weighted by Gasteiger charge is -2.28. The fraction of sp³-hybridized carbons (Fsp3) is 0.556. The van der Waals surface area contributed by atoms with E-state index < -0.39 is 23.7 Å². The minimum atomic E-state index is -2.67. The first kappa shape index (κ1) is 48.6. The molecule has 0 saturated carbocycles. The molecule has 2 N–H and O–H groups in total. The van der Waals surface area contributed by atoms with E-state index in [2.05, 4.69) is 10.3 Å². The van der Waals surface area contributed by atoms with E-state index in [4.69, 9.17) is 36.4 Å². The van der Waals surface area contributed by atoms with Gasteiger partial charge in [0.2, 0.25) is 6.08 Å². The summed E-state index contributed by atoms with van der Waals surface area (Å²) in [5, 5.41) is 11.3. The summed E-state index contributed by atoms with van der Waals surface area (Å²) in [7, 11) is -5.20. The van der Waals surface area contributed by atoms with Gasteiger partial charge in [-0.15, -0.1) is 0 Å². The maximum atomic E-state index is 11.8. The van der Waals surface area contributed by atoms with Crippen LogP contribution in [-0.2, 0) is 49.3 Å².